The van der Waals surface area contributed by atoms with Gasteiger partial charge in [-0.3, -0.25) is 0 Å². The average molecular weight is 196 g/mol. The van der Waals surface area contributed by atoms with Gasteiger partial charge in [0.05, 0.1) is 18.1 Å². The van der Waals surface area contributed by atoms with Crippen LogP contribution >= 0.6 is 11.3 Å². The summed E-state index contributed by atoms with van der Waals surface area (Å²) in [5, 5.41) is 11.6. The molecule has 2 nitrogen and oxygen atoms in total. The Morgan fingerprint density at radius 2 is 2.54 bits per heavy atom. The second-order valence-electron chi connectivity index (χ2n) is 2.61. The maximum atomic E-state index is 9.69. The molecule has 1 heterocycles. The molecular weight excluding hydrogens is 184 g/mol. The number of hydrogen-bond acceptors (Lipinski definition) is 3. The monoisotopic (exact) mass is 196 g/mol. The summed E-state index contributed by atoms with van der Waals surface area (Å²) in [4.78, 5) is 0.859. The van der Waals surface area contributed by atoms with Gasteiger partial charge in [-0.25, -0.2) is 0 Å². The van der Waals surface area contributed by atoms with Crippen molar-refractivity contribution in [3.05, 3.63) is 16.3 Å². The fourth-order valence-electron chi connectivity index (χ4n) is 1.07. The molecule has 0 aliphatic carbocycles. The van der Waals surface area contributed by atoms with Crippen molar-refractivity contribution in [2.24, 2.45) is 0 Å². The first kappa shape index (κ1) is 10.1. The van der Waals surface area contributed by atoms with Gasteiger partial charge < -0.3 is 9.84 Å². The van der Waals surface area contributed by atoms with Crippen LogP contribution in [0.15, 0.2) is 11.4 Å². The number of aliphatic hydroxyl groups is 1. The second kappa shape index (κ2) is 4.90. The van der Waals surface area contributed by atoms with Crippen molar-refractivity contribution in [1.29, 1.82) is 0 Å². The van der Waals surface area contributed by atoms with E-state index in [9.17, 15) is 5.11 Å². The molecule has 0 saturated carbocycles. The summed E-state index contributed by atoms with van der Waals surface area (Å²) in [6.07, 6.45) is 5.79. The summed E-state index contributed by atoms with van der Waals surface area (Å²) in [7, 11) is 1.60. The zero-order valence-corrected chi connectivity index (χ0v) is 8.30. The molecule has 0 aliphatic heterocycles. The SMILES string of the molecule is C#CCCC(O)c1sccc1OC. The summed E-state index contributed by atoms with van der Waals surface area (Å²) < 4.78 is 5.09. The lowest BCUT2D eigenvalue weighted by atomic mass is 10.1. The van der Waals surface area contributed by atoms with Gasteiger partial charge in [0, 0.05) is 6.42 Å². The molecule has 0 aliphatic rings. The van der Waals surface area contributed by atoms with Crippen LogP contribution in [0.1, 0.15) is 23.8 Å². The van der Waals surface area contributed by atoms with E-state index in [1.165, 1.54) is 11.3 Å². The van der Waals surface area contributed by atoms with Gasteiger partial charge in [0.15, 0.2) is 0 Å². The third-order valence-corrected chi connectivity index (χ3v) is 2.74. The number of methoxy groups -OCH3 is 1. The van der Waals surface area contributed by atoms with E-state index >= 15 is 0 Å². The number of thiophene rings is 1. The lowest BCUT2D eigenvalue weighted by Crippen LogP contribution is -1.96. The molecule has 0 bridgehead atoms. The van der Waals surface area contributed by atoms with E-state index in [2.05, 4.69) is 5.92 Å². The minimum Gasteiger partial charge on any atom is -0.495 e. The average Bonchev–Trinajstić information content (AvgIpc) is 2.61. The van der Waals surface area contributed by atoms with Crippen LogP contribution < -0.4 is 4.74 Å². The van der Waals surface area contributed by atoms with Gasteiger partial charge in [0.1, 0.15) is 5.75 Å². The van der Waals surface area contributed by atoms with E-state index in [0.29, 0.717) is 12.8 Å². The van der Waals surface area contributed by atoms with Crippen LogP contribution in [0.3, 0.4) is 0 Å². The van der Waals surface area contributed by atoms with Crippen molar-refractivity contribution < 1.29 is 9.84 Å². The zero-order chi connectivity index (χ0) is 9.68. The third kappa shape index (κ3) is 2.48. The quantitative estimate of drug-likeness (QED) is 0.748. The summed E-state index contributed by atoms with van der Waals surface area (Å²) >= 11 is 1.49. The van der Waals surface area contributed by atoms with Gasteiger partial charge >= 0.3 is 0 Å². The van der Waals surface area contributed by atoms with Gasteiger partial charge in [-0.05, 0) is 17.9 Å². The number of terminal acetylenes is 1. The van der Waals surface area contributed by atoms with E-state index in [1.54, 1.807) is 7.11 Å². The minimum atomic E-state index is -0.494. The number of hydrogen-bond donors (Lipinski definition) is 1. The Bertz CT molecular complexity index is 298. The standard InChI is InChI=1S/C10H12O2S/c1-3-4-5-8(11)10-9(12-2)6-7-13-10/h1,6-8,11H,4-5H2,2H3. The van der Waals surface area contributed by atoms with Gasteiger partial charge in [-0.2, -0.15) is 0 Å². The maximum Gasteiger partial charge on any atom is 0.135 e. The van der Waals surface area contributed by atoms with Crippen LogP contribution in [0.4, 0.5) is 0 Å². The minimum absolute atomic E-state index is 0.494. The predicted octanol–water partition coefficient (Wildman–Crippen LogP) is 2.20. The first-order chi connectivity index (χ1) is 6.29. The summed E-state index contributed by atoms with van der Waals surface area (Å²) in [5.41, 5.74) is 0. The number of aliphatic hydroxyl groups excluding tert-OH is 1. The maximum absolute atomic E-state index is 9.69. The topological polar surface area (TPSA) is 29.5 Å². The van der Waals surface area contributed by atoms with Gasteiger partial charge in [0.2, 0.25) is 0 Å². The van der Waals surface area contributed by atoms with Crippen LogP contribution in [0.25, 0.3) is 0 Å². The fraction of sp³-hybridized carbons (Fsp3) is 0.400. The van der Waals surface area contributed by atoms with Gasteiger partial charge in [-0.1, -0.05) is 0 Å². The molecule has 1 unspecified atom stereocenters. The van der Waals surface area contributed by atoms with Gasteiger partial charge in [-0.15, -0.1) is 23.7 Å². The van der Waals surface area contributed by atoms with E-state index in [0.717, 1.165) is 10.6 Å². The fourth-order valence-corrected chi connectivity index (χ4v) is 1.95. The second-order valence-corrected chi connectivity index (χ2v) is 3.56. The number of rotatable bonds is 4. The molecule has 0 amide bonds. The summed E-state index contributed by atoms with van der Waals surface area (Å²) in [6.45, 7) is 0. The molecule has 1 atom stereocenters. The van der Waals surface area contributed by atoms with Gasteiger partial charge in [0.25, 0.3) is 0 Å². The van der Waals surface area contributed by atoms with Crippen LogP contribution in [0.5, 0.6) is 5.75 Å². The Morgan fingerprint density at radius 1 is 1.77 bits per heavy atom. The van der Waals surface area contributed by atoms with Crippen molar-refractivity contribution in [3.63, 3.8) is 0 Å². The Morgan fingerprint density at radius 3 is 3.15 bits per heavy atom. The Labute approximate surface area is 82.2 Å². The highest BCUT2D eigenvalue weighted by atomic mass is 32.1. The molecular formula is C10H12O2S. The highest BCUT2D eigenvalue weighted by Crippen LogP contribution is 2.32. The van der Waals surface area contributed by atoms with Crippen molar-refractivity contribution >= 4 is 11.3 Å². The molecule has 1 rings (SSSR count). The Balaban J connectivity index is 2.65. The predicted molar refractivity (Wildman–Crippen MR) is 53.9 cm³/mol. The van der Waals surface area contributed by atoms with Crippen molar-refractivity contribution in [3.8, 4) is 18.1 Å². The molecule has 0 spiro atoms. The number of ether oxygens (including phenoxy) is 1. The largest absolute Gasteiger partial charge is 0.495 e. The van der Waals surface area contributed by atoms with Crippen LogP contribution in [-0.4, -0.2) is 12.2 Å². The normalized spacial score (nSPS) is 12.1. The zero-order valence-electron chi connectivity index (χ0n) is 7.49. The van der Waals surface area contributed by atoms with E-state index in [-0.39, 0.29) is 0 Å². The Hall–Kier alpha value is -0.980. The highest BCUT2D eigenvalue weighted by molar-refractivity contribution is 7.10. The molecule has 13 heavy (non-hydrogen) atoms. The summed E-state index contributed by atoms with van der Waals surface area (Å²) in [6, 6.07) is 1.85. The molecule has 70 valence electrons. The van der Waals surface area contributed by atoms with Crippen molar-refractivity contribution in [2.75, 3.05) is 7.11 Å². The van der Waals surface area contributed by atoms with Crippen molar-refractivity contribution in [1.82, 2.24) is 0 Å². The first-order valence-corrected chi connectivity index (χ1v) is 4.90. The lowest BCUT2D eigenvalue weighted by Gasteiger charge is -2.08. The molecule has 1 aromatic heterocycles. The highest BCUT2D eigenvalue weighted by Gasteiger charge is 2.13. The van der Waals surface area contributed by atoms with E-state index < -0.39 is 6.10 Å². The molecule has 3 heteroatoms. The molecule has 1 aromatic rings. The van der Waals surface area contributed by atoms with Crippen LogP contribution in [-0.2, 0) is 0 Å². The first-order valence-electron chi connectivity index (χ1n) is 4.02. The molecule has 0 radical (unpaired) electrons. The smallest absolute Gasteiger partial charge is 0.135 e. The van der Waals surface area contributed by atoms with E-state index in [1.807, 2.05) is 11.4 Å². The third-order valence-electron chi connectivity index (χ3n) is 1.74. The molecule has 1 N–H and O–H groups in total. The Kier molecular flexibility index (Phi) is 3.81. The molecule has 0 fully saturated rings. The van der Waals surface area contributed by atoms with Crippen LogP contribution in [0, 0.1) is 12.3 Å². The summed E-state index contributed by atoms with van der Waals surface area (Å²) in [5.74, 6) is 3.25. The van der Waals surface area contributed by atoms with Crippen LogP contribution in [0.2, 0.25) is 0 Å². The molecule has 0 aromatic carbocycles. The van der Waals surface area contributed by atoms with Crippen molar-refractivity contribution in [2.45, 2.75) is 18.9 Å². The lowest BCUT2D eigenvalue weighted by molar-refractivity contribution is 0.169. The van der Waals surface area contributed by atoms with E-state index in [4.69, 9.17) is 11.2 Å². The molecule has 0 saturated heterocycles.